The van der Waals surface area contributed by atoms with Crippen molar-refractivity contribution < 1.29 is 9.47 Å². The van der Waals surface area contributed by atoms with E-state index in [4.69, 9.17) is 9.47 Å². The number of hydrogen-bond acceptors (Lipinski definition) is 3. The van der Waals surface area contributed by atoms with E-state index in [0.29, 0.717) is 6.61 Å². The predicted molar refractivity (Wildman–Crippen MR) is 73.9 cm³/mol. The lowest BCUT2D eigenvalue weighted by molar-refractivity contribution is 0.309. The molecule has 0 spiro atoms. The summed E-state index contributed by atoms with van der Waals surface area (Å²) in [6.07, 6.45) is 1.13. The van der Waals surface area contributed by atoms with Gasteiger partial charge in [-0.05, 0) is 53.5 Å². The van der Waals surface area contributed by atoms with Gasteiger partial charge in [0.15, 0.2) is 11.5 Å². The van der Waals surface area contributed by atoms with Crippen molar-refractivity contribution in [1.29, 1.82) is 0 Å². The number of halogens is 1. The Hall–Kier alpha value is -0.740. The maximum absolute atomic E-state index is 5.57. The van der Waals surface area contributed by atoms with Crippen molar-refractivity contribution >= 4 is 15.9 Å². The van der Waals surface area contributed by atoms with Crippen LogP contribution in [0.25, 0.3) is 0 Å². The molecule has 17 heavy (non-hydrogen) atoms. The second-order valence-corrected chi connectivity index (χ2v) is 4.57. The fourth-order valence-corrected chi connectivity index (χ4v) is 2.25. The van der Waals surface area contributed by atoms with Crippen molar-refractivity contribution in [2.45, 2.75) is 26.8 Å². The van der Waals surface area contributed by atoms with Crippen LogP contribution in [0.2, 0.25) is 0 Å². The van der Waals surface area contributed by atoms with E-state index in [1.54, 1.807) is 7.11 Å². The quantitative estimate of drug-likeness (QED) is 0.784. The molecule has 0 fully saturated rings. The lowest BCUT2D eigenvalue weighted by Gasteiger charge is -2.13. The van der Waals surface area contributed by atoms with Crippen LogP contribution in [0.15, 0.2) is 16.6 Å². The van der Waals surface area contributed by atoms with Gasteiger partial charge in [0.05, 0.1) is 18.2 Å². The lowest BCUT2D eigenvalue weighted by atomic mass is 10.2. The van der Waals surface area contributed by atoms with Crippen LogP contribution in [0.1, 0.15) is 25.8 Å². The highest BCUT2D eigenvalue weighted by Gasteiger charge is 2.10. The van der Waals surface area contributed by atoms with Gasteiger partial charge < -0.3 is 14.8 Å². The van der Waals surface area contributed by atoms with Crippen LogP contribution in [-0.2, 0) is 6.54 Å². The summed E-state index contributed by atoms with van der Waals surface area (Å²) < 4.78 is 11.8. The number of methoxy groups -OCH3 is 1. The molecule has 0 heterocycles. The summed E-state index contributed by atoms with van der Waals surface area (Å²) in [5, 5.41) is 3.37. The first-order chi connectivity index (χ1) is 8.22. The second-order valence-electron chi connectivity index (χ2n) is 3.72. The van der Waals surface area contributed by atoms with Gasteiger partial charge in [-0.1, -0.05) is 6.92 Å². The third-order valence-electron chi connectivity index (χ3n) is 2.33. The molecule has 1 N–H and O–H groups in total. The van der Waals surface area contributed by atoms with Gasteiger partial charge in [0, 0.05) is 6.54 Å². The van der Waals surface area contributed by atoms with Gasteiger partial charge in [-0.25, -0.2) is 0 Å². The second kappa shape index (κ2) is 7.56. The van der Waals surface area contributed by atoms with Crippen LogP contribution < -0.4 is 14.8 Å². The van der Waals surface area contributed by atoms with E-state index in [1.165, 1.54) is 5.56 Å². The summed E-state index contributed by atoms with van der Waals surface area (Å²) in [4.78, 5) is 0. The average molecular weight is 302 g/mol. The standard InChI is InChI=1S/C13H20BrNO2/c1-4-6-15-9-10-7-11(14)13(16-3)12(8-10)17-5-2/h7-8,15H,4-6,9H2,1-3H3. The zero-order valence-corrected chi connectivity index (χ0v) is 12.3. The number of nitrogens with one attached hydrogen (secondary N) is 1. The van der Waals surface area contributed by atoms with Gasteiger partial charge in [-0.15, -0.1) is 0 Å². The van der Waals surface area contributed by atoms with Gasteiger partial charge in [0.2, 0.25) is 0 Å². The van der Waals surface area contributed by atoms with Crippen molar-refractivity contribution in [3.8, 4) is 11.5 Å². The van der Waals surface area contributed by atoms with Crippen LogP contribution in [-0.4, -0.2) is 20.3 Å². The molecule has 4 heteroatoms. The normalized spacial score (nSPS) is 10.4. The summed E-state index contributed by atoms with van der Waals surface area (Å²) in [6.45, 7) is 6.62. The molecule has 0 aliphatic carbocycles. The Labute approximate surface area is 112 Å². The topological polar surface area (TPSA) is 30.5 Å². The molecule has 0 aromatic heterocycles. The summed E-state index contributed by atoms with van der Waals surface area (Å²) in [6, 6.07) is 4.08. The minimum absolute atomic E-state index is 0.634. The summed E-state index contributed by atoms with van der Waals surface area (Å²) in [7, 11) is 1.65. The molecule has 96 valence electrons. The van der Waals surface area contributed by atoms with E-state index in [0.717, 1.165) is 35.5 Å². The van der Waals surface area contributed by atoms with Gasteiger partial charge in [-0.3, -0.25) is 0 Å². The van der Waals surface area contributed by atoms with Gasteiger partial charge >= 0.3 is 0 Å². The number of benzene rings is 1. The highest BCUT2D eigenvalue weighted by Crippen LogP contribution is 2.36. The number of rotatable bonds is 7. The first-order valence-electron chi connectivity index (χ1n) is 5.92. The molecule has 3 nitrogen and oxygen atoms in total. The summed E-state index contributed by atoms with van der Waals surface area (Å²) in [5.74, 6) is 1.55. The molecule has 0 bridgehead atoms. The molecular weight excluding hydrogens is 282 g/mol. The Kier molecular flexibility index (Phi) is 6.37. The molecule has 0 atom stereocenters. The van der Waals surface area contributed by atoms with Crippen LogP contribution in [0.3, 0.4) is 0 Å². The number of hydrogen-bond donors (Lipinski definition) is 1. The van der Waals surface area contributed by atoms with Gasteiger partial charge in [0.25, 0.3) is 0 Å². The minimum Gasteiger partial charge on any atom is -0.492 e. The van der Waals surface area contributed by atoms with Gasteiger partial charge in [0.1, 0.15) is 0 Å². The Morgan fingerprint density at radius 1 is 1.29 bits per heavy atom. The molecule has 1 aromatic rings. The highest BCUT2D eigenvalue weighted by molar-refractivity contribution is 9.10. The van der Waals surface area contributed by atoms with Crippen molar-refractivity contribution in [2.75, 3.05) is 20.3 Å². The Morgan fingerprint density at radius 2 is 2.06 bits per heavy atom. The molecule has 0 saturated heterocycles. The zero-order chi connectivity index (χ0) is 12.7. The summed E-state index contributed by atoms with van der Waals surface area (Å²) >= 11 is 3.50. The minimum atomic E-state index is 0.634. The SMILES string of the molecule is CCCNCc1cc(Br)c(OC)c(OCC)c1. The van der Waals surface area contributed by atoms with E-state index >= 15 is 0 Å². The largest absolute Gasteiger partial charge is 0.492 e. The lowest BCUT2D eigenvalue weighted by Crippen LogP contribution is -2.14. The van der Waals surface area contributed by atoms with E-state index < -0.39 is 0 Å². The highest BCUT2D eigenvalue weighted by atomic mass is 79.9. The van der Waals surface area contributed by atoms with Crippen molar-refractivity contribution in [1.82, 2.24) is 5.32 Å². The third kappa shape index (κ3) is 4.21. The van der Waals surface area contributed by atoms with E-state index in [-0.39, 0.29) is 0 Å². The van der Waals surface area contributed by atoms with Crippen LogP contribution in [0.5, 0.6) is 11.5 Å². The molecule has 0 unspecified atom stereocenters. The molecule has 0 saturated carbocycles. The molecule has 0 radical (unpaired) electrons. The first-order valence-corrected chi connectivity index (χ1v) is 6.72. The van der Waals surface area contributed by atoms with Crippen LogP contribution >= 0.6 is 15.9 Å². The van der Waals surface area contributed by atoms with Crippen LogP contribution in [0.4, 0.5) is 0 Å². The summed E-state index contributed by atoms with van der Waals surface area (Å²) in [5.41, 5.74) is 1.19. The average Bonchev–Trinajstić information content (AvgIpc) is 2.30. The van der Waals surface area contributed by atoms with E-state index in [9.17, 15) is 0 Å². The van der Waals surface area contributed by atoms with Crippen molar-refractivity contribution in [3.05, 3.63) is 22.2 Å². The monoisotopic (exact) mass is 301 g/mol. The number of ether oxygens (including phenoxy) is 2. The van der Waals surface area contributed by atoms with Crippen LogP contribution in [0, 0.1) is 0 Å². The Morgan fingerprint density at radius 3 is 2.65 bits per heavy atom. The Bertz CT molecular complexity index is 356. The third-order valence-corrected chi connectivity index (χ3v) is 2.92. The fraction of sp³-hybridized carbons (Fsp3) is 0.538. The fourth-order valence-electron chi connectivity index (χ4n) is 1.59. The van der Waals surface area contributed by atoms with Gasteiger partial charge in [-0.2, -0.15) is 0 Å². The molecule has 1 rings (SSSR count). The van der Waals surface area contributed by atoms with E-state index in [1.807, 2.05) is 13.0 Å². The molecule has 0 aliphatic heterocycles. The smallest absolute Gasteiger partial charge is 0.174 e. The maximum atomic E-state index is 5.57. The molecular formula is C13H20BrNO2. The zero-order valence-electron chi connectivity index (χ0n) is 10.7. The molecule has 0 aliphatic rings. The molecule has 0 amide bonds. The van der Waals surface area contributed by atoms with Crippen molar-refractivity contribution in [3.63, 3.8) is 0 Å². The Balaban J connectivity index is 2.85. The van der Waals surface area contributed by atoms with E-state index in [2.05, 4.69) is 34.2 Å². The predicted octanol–water partition coefficient (Wildman–Crippen LogP) is 3.36. The first kappa shape index (κ1) is 14.3. The molecule has 1 aromatic carbocycles. The maximum Gasteiger partial charge on any atom is 0.174 e. The van der Waals surface area contributed by atoms with Crippen molar-refractivity contribution in [2.24, 2.45) is 0 Å².